The van der Waals surface area contributed by atoms with E-state index in [1.807, 2.05) is 0 Å². The van der Waals surface area contributed by atoms with Crippen molar-refractivity contribution in [1.82, 2.24) is 19.6 Å². The van der Waals surface area contributed by atoms with E-state index in [1.165, 1.54) is 32.7 Å². The molecular weight excluding hydrogens is 284 g/mol. The molecule has 3 atom stereocenters. The van der Waals surface area contributed by atoms with Gasteiger partial charge in [-0.1, -0.05) is 0 Å². The number of nitrogens with zero attached hydrogens (tertiary/aromatic N) is 4. The largest absolute Gasteiger partial charge is 0.301 e. The second kappa shape index (κ2) is 9.36. The fourth-order valence-electron chi connectivity index (χ4n) is 3.41. The minimum Gasteiger partial charge on any atom is -0.301 e. The fraction of sp³-hybridized carbons (Fsp3) is 1.00. The van der Waals surface area contributed by atoms with Crippen LogP contribution in [-0.4, -0.2) is 96.6 Å². The quantitative estimate of drug-likeness (QED) is 0.773. The molecular formula is C19H42N4. The van der Waals surface area contributed by atoms with Gasteiger partial charge in [-0.3, -0.25) is 14.7 Å². The summed E-state index contributed by atoms with van der Waals surface area (Å²) in [6, 6.07) is 3.55. The van der Waals surface area contributed by atoms with Crippen molar-refractivity contribution in [1.29, 1.82) is 0 Å². The lowest BCUT2D eigenvalue weighted by atomic mass is 10.1. The summed E-state index contributed by atoms with van der Waals surface area (Å²) in [5.74, 6) is 0. The van der Waals surface area contributed by atoms with Gasteiger partial charge in [-0.25, -0.2) is 0 Å². The molecule has 0 aromatic carbocycles. The van der Waals surface area contributed by atoms with E-state index >= 15 is 0 Å². The average molecular weight is 327 g/mol. The first-order valence-corrected chi connectivity index (χ1v) is 9.53. The van der Waals surface area contributed by atoms with Gasteiger partial charge in [0, 0.05) is 62.9 Å². The molecule has 0 saturated carbocycles. The number of piperazine rings is 2. The minimum atomic E-state index is 0.698. The van der Waals surface area contributed by atoms with Crippen LogP contribution >= 0.6 is 0 Å². The summed E-state index contributed by atoms with van der Waals surface area (Å²) >= 11 is 0. The molecule has 0 amide bonds. The van der Waals surface area contributed by atoms with E-state index in [1.54, 1.807) is 0 Å². The average Bonchev–Trinajstić information content (AvgIpc) is 2.47. The molecule has 2 saturated heterocycles. The maximum atomic E-state index is 2.56. The van der Waals surface area contributed by atoms with Gasteiger partial charge >= 0.3 is 0 Å². The third-order valence-electron chi connectivity index (χ3n) is 5.84. The van der Waals surface area contributed by atoms with Gasteiger partial charge in [-0.05, 0) is 62.6 Å². The third-order valence-corrected chi connectivity index (χ3v) is 5.84. The Morgan fingerprint density at radius 2 is 1.09 bits per heavy atom. The molecule has 4 heteroatoms. The van der Waals surface area contributed by atoms with Crippen molar-refractivity contribution in [3.05, 3.63) is 0 Å². The molecule has 138 valence electrons. The molecule has 0 N–H and O–H groups in total. The van der Waals surface area contributed by atoms with Crippen molar-refractivity contribution >= 4 is 0 Å². The summed E-state index contributed by atoms with van der Waals surface area (Å²) < 4.78 is 0. The minimum absolute atomic E-state index is 0.698. The van der Waals surface area contributed by atoms with E-state index in [0.717, 1.165) is 6.04 Å². The van der Waals surface area contributed by atoms with E-state index < -0.39 is 0 Å². The zero-order valence-electron chi connectivity index (χ0n) is 17.2. The first-order valence-electron chi connectivity index (χ1n) is 9.53. The SMILES string of the molecule is CC(C)N1CCN(C)[C@@H](C)C1.CC(C)N1C[C@@H](C)N(C)[C@@H](C)C1. The van der Waals surface area contributed by atoms with Crippen molar-refractivity contribution < 1.29 is 0 Å². The number of hydrogen-bond acceptors (Lipinski definition) is 4. The molecule has 2 aliphatic rings. The summed E-state index contributed by atoms with van der Waals surface area (Å²) in [6.07, 6.45) is 0. The summed E-state index contributed by atoms with van der Waals surface area (Å²) in [4.78, 5) is 10.0. The Labute approximate surface area is 145 Å². The highest BCUT2D eigenvalue weighted by Gasteiger charge is 2.27. The molecule has 2 rings (SSSR count). The molecule has 2 aliphatic heterocycles. The summed E-state index contributed by atoms with van der Waals surface area (Å²) in [6.45, 7) is 22.2. The highest BCUT2D eigenvalue weighted by Crippen LogP contribution is 2.15. The standard InChI is InChI=1S/C10H22N2.C9H20N2/c1-8(2)12-6-9(3)11(5)10(4)7-12;1-8(2)11-6-5-10(4)9(3)7-11/h8-10H,6-7H2,1-5H3;8-9H,5-7H2,1-4H3/t9-,10+;9-/m.0/s1. The Hall–Kier alpha value is -0.160. The van der Waals surface area contributed by atoms with Crippen LogP contribution in [0.15, 0.2) is 0 Å². The van der Waals surface area contributed by atoms with Gasteiger partial charge in [0.15, 0.2) is 0 Å². The van der Waals surface area contributed by atoms with E-state index in [2.05, 4.69) is 82.2 Å². The van der Waals surface area contributed by atoms with Gasteiger partial charge in [0.25, 0.3) is 0 Å². The van der Waals surface area contributed by atoms with Crippen molar-refractivity contribution in [2.24, 2.45) is 0 Å². The van der Waals surface area contributed by atoms with Crippen LogP contribution in [0.25, 0.3) is 0 Å². The van der Waals surface area contributed by atoms with Gasteiger partial charge in [0.2, 0.25) is 0 Å². The number of rotatable bonds is 2. The summed E-state index contributed by atoms with van der Waals surface area (Å²) in [5.41, 5.74) is 0. The highest BCUT2D eigenvalue weighted by atomic mass is 15.3. The van der Waals surface area contributed by atoms with Crippen LogP contribution in [0.5, 0.6) is 0 Å². The van der Waals surface area contributed by atoms with Crippen molar-refractivity contribution in [3.63, 3.8) is 0 Å². The molecule has 23 heavy (non-hydrogen) atoms. The van der Waals surface area contributed by atoms with Crippen molar-refractivity contribution in [2.45, 2.75) is 78.7 Å². The highest BCUT2D eigenvalue weighted by molar-refractivity contribution is 4.83. The van der Waals surface area contributed by atoms with Crippen LogP contribution < -0.4 is 0 Å². The lowest BCUT2D eigenvalue weighted by molar-refractivity contribution is 0.0425. The van der Waals surface area contributed by atoms with Crippen LogP contribution in [0.1, 0.15) is 48.5 Å². The van der Waals surface area contributed by atoms with Crippen molar-refractivity contribution in [3.8, 4) is 0 Å². The van der Waals surface area contributed by atoms with Crippen LogP contribution in [-0.2, 0) is 0 Å². The molecule has 0 aromatic rings. The topological polar surface area (TPSA) is 13.0 Å². The summed E-state index contributed by atoms with van der Waals surface area (Å²) in [5, 5.41) is 0. The Morgan fingerprint density at radius 3 is 1.48 bits per heavy atom. The van der Waals surface area contributed by atoms with Crippen LogP contribution in [0, 0.1) is 0 Å². The maximum Gasteiger partial charge on any atom is 0.0195 e. The fourth-order valence-corrected chi connectivity index (χ4v) is 3.41. The number of hydrogen-bond donors (Lipinski definition) is 0. The van der Waals surface area contributed by atoms with Gasteiger partial charge in [0.05, 0.1) is 0 Å². The number of likely N-dealkylation sites (N-methyl/N-ethyl adjacent to an activating group) is 2. The molecule has 2 heterocycles. The van der Waals surface area contributed by atoms with Crippen LogP contribution in [0.2, 0.25) is 0 Å². The molecule has 2 fully saturated rings. The monoisotopic (exact) mass is 326 g/mol. The van der Waals surface area contributed by atoms with Crippen molar-refractivity contribution in [2.75, 3.05) is 46.8 Å². The van der Waals surface area contributed by atoms with E-state index in [4.69, 9.17) is 0 Å². The third kappa shape index (κ3) is 6.33. The zero-order valence-corrected chi connectivity index (χ0v) is 17.2. The smallest absolute Gasteiger partial charge is 0.0195 e. The molecule has 4 nitrogen and oxygen atoms in total. The molecule has 0 bridgehead atoms. The van der Waals surface area contributed by atoms with E-state index in [-0.39, 0.29) is 0 Å². The van der Waals surface area contributed by atoms with Gasteiger partial charge in [-0.15, -0.1) is 0 Å². The predicted molar refractivity (Wildman–Crippen MR) is 102 cm³/mol. The Bertz CT molecular complexity index is 319. The molecule has 0 unspecified atom stereocenters. The lowest BCUT2D eigenvalue weighted by Crippen LogP contribution is -2.56. The Balaban J connectivity index is 0.000000231. The first kappa shape index (κ1) is 20.9. The Kier molecular flexibility index (Phi) is 8.50. The second-order valence-corrected chi connectivity index (χ2v) is 8.33. The summed E-state index contributed by atoms with van der Waals surface area (Å²) in [7, 11) is 4.44. The predicted octanol–water partition coefficient (Wildman–Crippen LogP) is 2.45. The second-order valence-electron chi connectivity index (χ2n) is 8.33. The van der Waals surface area contributed by atoms with E-state index in [9.17, 15) is 0 Å². The molecule has 0 aromatic heterocycles. The van der Waals surface area contributed by atoms with Crippen LogP contribution in [0.3, 0.4) is 0 Å². The molecule has 0 radical (unpaired) electrons. The van der Waals surface area contributed by atoms with Gasteiger partial charge < -0.3 is 4.90 Å². The maximum absolute atomic E-state index is 2.56. The van der Waals surface area contributed by atoms with Crippen LogP contribution in [0.4, 0.5) is 0 Å². The van der Waals surface area contributed by atoms with Gasteiger partial charge in [0.1, 0.15) is 0 Å². The zero-order chi connectivity index (χ0) is 17.7. The Morgan fingerprint density at radius 1 is 0.652 bits per heavy atom. The molecule has 0 aliphatic carbocycles. The normalized spacial score (nSPS) is 32.2. The van der Waals surface area contributed by atoms with E-state index in [0.29, 0.717) is 24.2 Å². The first-order chi connectivity index (χ1) is 10.6. The molecule has 0 spiro atoms. The van der Waals surface area contributed by atoms with Gasteiger partial charge in [-0.2, -0.15) is 0 Å². The lowest BCUT2D eigenvalue weighted by Gasteiger charge is -2.44.